The lowest BCUT2D eigenvalue weighted by atomic mass is 10.2. The van der Waals surface area contributed by atoms with Crippen molar-refractivity contribution in [2.45, 2.75) is 33.4 Å². The van der Waals surface area contributed by atoms with Gasteiger partial charge in [0, 0.05) is 23.8 Å². The minimum absolute atomic E-state index is 0.542. The van der Waals surface area contributed by atoms with Gasteiger partial charge in [0.1, 0.15) is 0 Å². The number of hydrogen-bond donors (Lipinski definition) is 0. The smallest absolute Gasteiger partial charge is 0.0558 e. The summed E-state index contributed by atoms with van der Waals surface area (Å²) in [7, 11) is 0. The molecule has 0 amide bonds. The van der Waals surface area contributed by atoms with E-state index in [1.165, 1.54) is 0 Å². The molecule has 0 aliphatic heterocycles. The van der Waals surface area contributed by atoms with Gasteiger partial charge in [0.05, 0.1) is 5.69 Å². The molecule has 0 unspecified atom stereocenters. The van der Waals surface area contributed by atoms with Crippen LogP contribution in [0, 0.1) is 0 Å². The van der Waals surface area contributed by atoms with Gasteiger partial charge in [0.2, 0.25) is 0 Å². The molecule has 1 aromatic rings. The first-order valence-electron chi connectivity index (χ1n) is 4.98. The summed E-state index contributed by atoms with van der Waals surface area (Å²) in [5.41, 5.74) is 1.04. The highest BCUT2D eigenvalue weighted by atomic mass is 35.5. The number of rotatable bonds is 4. The third kappa shape index (κ3) is 3.28. The van der Waals surface area contributed by atoms with Crippen LogP contribution >= 0.6 is 11.6 Å². The monoisotopic (exact) mass is 212 g/mol. The van der Waals surface area contributed by atoms with Gasteiger partial charge in [0.25, 0.3) is 0 Å². The highest BCUT2D eigenvalue weighted by Gasteiger charge is 2.08. The maximum Gasteiger partial charge on any atom is 0.0558 e. The van der Waals surface area contributed by atoms with E-state index in [0.717, 1.165) is 23.8 Å². The highest BCUT2D eigenvalue weighted by Crippen LogP contribution is 2.11. The van der Waals surface area contributed by atoms with Crippen molar-refractivity contribution in [2.24, 2.45) is 0 Å². The largest absolute Gasteiger partial charge is 0.295 e. The lowest BCUT2D eigenvalue weighted by molar-refractivity contribution is 0.222. The zero-order valence-corrected chi connectivity index (χ0v) is 9.75. The summed E-state index contributed by atoms with van der Waals surface area (Å²) < 4.78 is 0. The third-order valence-corrected chi connectivity index (χ3v) is 2.52. The van der Waals surface area contributed by atoms with E-state index in [1.807, 2.05) is 6.07 Å². The SMILES string of the molecule is CCN(Cc1cc(Cl)ccn1)C(C)C. The van der Waals surface area contributed by atoms with E-state index in [9.17, 15) is 0 Å². The van der Waals surface area contributed by atoms with Crippen LogP contribution < -0.4 is 0 Å². The Bertz CT molecular complexity index is 286. The second kappa shape index (κ2) is 5.32. The number of nitrogens with zero attached hydrogens (tertiary/aromatic N) is 2. The maximum atomic E-state index is 5.89. The molecule has 0 saturated carbocycles. The van der Waals surface area contributed by atoms with Gasteiger partial charge in [-0.1, -0.05) is 18.5 Å². The van der Waals surface area contributed by atoms with E-state index in [-0.39, 0.29) is 0 Å². The molecule has 0 spiro atoms. The van der Waals surface area contributed by atoms with Crippen molar-refractivity contribution >= 4 is 11.6 Å². The van der Waals surface area contributed by atoms with E-state index in [0.29, 0.717) is 6.04 Å². The molecule has 0 radical (unpaired) electrons. The molecule has 0 aliphatic carbocycles. The topological polar surface area (TPSA) is 16.1 Å². The zero-order valence-electron chi connectivity index (χ0n) is 9.00. The van der Waals surface area contributed by atoms with Crippen LogP contribution in [0.3, 0.4) is 0 Å². The van der Waals surface area contributed by atoms with Crippen LogP contribution in [0.5, 0.6) is 0 Å². The van der Waals surface area contributed by atoms with Gasteiger partial charge in [-0.15, -0.1) is 0 Å². The van der Waals surface area contributed by atoms with E-state index < -0.39 is 0 Å². The van der Waals surface area contributed by atoms with E-state index in [1.54, 1.807) is 12.3 Å². The van der Waals surface area contributed by atoms with Crippen molar-refractivity contribution in [3.8, 4) is 0 Å². The molecule has 0 saturated heterocycles. The first-order valence-corrected chi connectivity index (χ1v) is 5.35. The quantitative estimate of drug-likeness (QED) is 0.763. The standard InChI is InChI=1S/C11H17ClN2/c1-4-14(9(2)3)8-11-7-10(12)5-6-13-11/h5-7,9H,4,8H2,1-3H3. The van der Waals surface area contributed by atoms with Crippen molar-refractivity contribution in [3.05, 3.63) is 29.0 Å². The Morgan fingerprint density at radius 3 is 2.71 bits per heavy atom. The third-order valence-electron chi connectivity index (χ3n) is 2.28. The fraction of sp³-hybridized carbons (Fsp3) is 0.545. The molecule has 0 bridgehead atoms. The van der Waals surface area contributed by atoms with Gasteiger partial charge in [-0.05, 0) is 32.5 Å². The Labute approximate surface area is 90.9 Å². The molecular formula is C11H17ClN2. The zero-order chi connectivity index (χ0) is 10.6. The summed E-state index contributed by atoms with van der Waals surface area (Å²) in [6, 6.07) is 4.27. The summed E-state index contributed by atoms with van der Waals surface area (Å²) in [4.78, 5) is 6.63. The van der Waals surface area contributed by atoms with Gasteiger partial charge >= 0.3 is 0 Å². The summed E-state index contributed by atoms with van der Waals surface area (Å²) >= 11 is 5.89. The molecule has 78 valence electrons. The molecule has 14 heavy (non-hydrogen) atoms. The van der Waals surface area contributed by atoms with Gasteiger partial charge in [0.15, 0.2) is 0 Å². The van der Waals surface area contributed by atoms with Crippen LogP contribution in [-0.2, 0) is 6.54 Å². The van der Waals surface area contributed by atoms with Gasteiger partial charge < -0.3 is 0 Å². The van der Waals surface area contributed by atoms with Crippen LogP contribution in [-0.4, -0.2) is 22.5 Å². The van der Waals surface area contributed by atoms with Gasteiger partial charge in [-0.25, -0.2) is 0 Å². The predicted octanol–water partition coefficient (Wildman–Crippen LogP) is 2.97. The minimum atomic E-state index is 0.542. The number of halogens is 1. The minimum Gasteiger partial charge on any atom is -0.295 e. The molecule has 2 nitrogen and oxygen atoms in total. The lowest BCUT2D eigenvalue weighted by Crippen LogP contribution is -2.30. The molecule has 0 aromatic carbocycles. The van der Waals surface area contributed by atoms with Crippen molar-refractivity contribution in [1.82, 2.24) is 9.88 Å². The summed E-state index contributed by atoms with van der Waals surface area (Å²) in [5, 5.41) is 0.759. The predicted molar refractivity (Wildman–Crippen MR) is 60.5 cm³/mol. The molecule has 3 heteroatoms. The number of hydrogen-bond acceptors (Lipinski definition) is 2. The van der Waals surface area contributed by atoms with E-state index in [2.05, 4.69) is 30.7 Å². The first kappa shape index (κ1) is 11.5. The van der Waals surface area contributed by atoms with Crippen LogP contribution in [0.2, 0.25) is 5.02 Å². The van der Waals surface area contributed by atoms with Crippen molar-refractivity contribution in [1.29, 1.82) is 0 Å². The van der Waals surface area contributed by atoms with E-state index in [4.69, 9.17) is 11.6 Å². The Hall–Kier alpha value is -0.600. The van der Waals surface area contributed by atoms with Crippen molar-refractivity contribution in [2.75, 3.05) is 6.54 Å². The lowest BCUT2D eigenvalue weighted by Gasteiger charge is -2.24. The first-order chi connectivity index (χ1) is 6.63. The van der Waals surface area contributed by atoms with Crippen molar-refractivity contribution in [3.63, 3.8) is 0 Å². The summed E-state index contributed by atoms with van der Waals surface area (Å²) in [6.07, 6.45) is 1.76. The van der Waals surface area contributed by atoms with Crippen LogP contribution in [0.25, 0.3) is 0 Å². The molecule has 0 aliphatic rings. The average molecular weight is 213 g/mol. The Kier molecular flexibility index (Phi) is 4.36. The second-order valence-corrected chi connectivity index (χ2v) is 4.06. The fourth-order valence-electron chi connectivity index (χ4n) is 1.40. The van der Waals surface area contributed by atoms with Crippen LogP contribution in [0.4, 0.5) is 0 Å². The molecule has 1 heterocycles. The highest BCUT2D eigenvalue weighted by molar-refractivity contribution is 6.30. The van der Waals surface area contributed by atoms with Gasteiger partial charge in [-0.3, -0.25) is 9.88 Å². The molecule has 0 atom stereocenters. The van der Waals surface area contributed by atoms with Gasteiger partial charge in [-0.2, -0.15) is 0 Å². The molecule has 1 rings (SSSR count). The Morgan fingerprint density at radius 1 is 1.50 bits per heavy atom. The fourth-order valence-corrected chi connectivity index (χ4v) is 1.59. The number of pyridine rings is 1. The molecule has 1 aromatic heterocycles. The summed E-state index contributed by atoms with van der Waals surface area (Å²) in [5.74, 6) is 0. The Balaban J connectivity index is 2.67. The number of aromatic nitrogens is 1. The molecular weight excluding hydrogens is 196 g/mol. The molecule has 0 N–H and O–H groups in total. The van der Waals surface area contributed by atoms with E-state index >= 15 is 0 Å². The van der Waals surface area contributed by atoms with Crippen LogP contribution in [0.15, 0.2) is 18.3 Å². The average Bonchev–Trinajstić information content (AvgIpc) is 2.14. The Morgan fingerprint density at radius 2 is 2.21 bits per heavy atom. The molecule has 0 fully saturated rings. The van der Waals surface area contributed by atoms with Crippen LogP contribution in [0.1, 0.15) is 26.5 Å². The van der Waals surface area contributed by atoms with Crippen molar-refractivity contribution < 1.29 is 0 Å². The second-order valence-electron chi connectivity index (χ2n) is 3.62. The maximum absolute atomic E-state index is 5.89. The normalized spacial score (nSPS) is 11.3. The summed E-state index contributed by atoms with van der Waals surface area (Å²) in [6.45, 7) is 8.44.